The van der Waals surface area contributed by atoms with E-state index in [2.05, 4.69) is 15.3 Å². The molecule has 0 fully saturated rings. The van der Waals surface area contributed by atoms with E-state index < -0.39 is 11.6 Å². The molecule has 2 aromatic carbocycles. The number of aromatic nitrogens is 2. The number of amides is 1. The Balaban J connectivity index is 1.50. The van der Waals surface area contributed by atoms with Crippen LogP contribution in [0, 0.1) is 11.6 Å². The Morgan fingerprint density at radius 3 is 2.50 bits per heavy atom. The molecule has 4 nitrogen and oxygen atoms in total. The molecule has 3 rings (SSSR count). The first kappa shape index (κ1) is 18.1. The van der Waals surface area contributed by atoms with Gasteiger partial charge in [-0.1, -0.05) is 11.6 Å². The van der Waals surface area contributed by atoms with Crippen molar-refractivity contribution in [3.63, 3.8) is 0 Å². The number of rotatable bonds is 6. The van der Waals surface area contributed by atoms with Crippen molar-refractivity contribution in [2.75, 3.05) is 6.54 Å². The Labute approximate surface area is 154 Å². The van der Waals surface area contributed by atoms with E-state index in [4.69, 9.17) is 11.6 Å². The third kappa shape index (κ3) is 4.89. The minimum absolute atomic E-state index is 0.0757. The predicted molar refractivity (Wildman–Crippen MR) is 95.8 cm³/mol. The maximum Gasteiger partial charge on any atom is 0.224 e. The SMILES string of the molecule is O=C(Cc1cc(F)cc(F)c1)NCCc1cnc(-c2ccc(Cl)cc2)[nH]1. The fourth-order valence-corrected chi connectivity index (χ4v) is 2.66. The van der Waals surface area contributed by atoms with Gasteiger partial charge in [-0.05, 0) is 42.0 Å². The van der Waals surface area contributed by atoms with Gasteiger partial charge in [0.05, 0.1) is 6.42 Å². The molecule has 1 aromatic heterocycles. The molecule has 0 atom stereocenters. The van der Waals surface area contributed by atoms with E-state index in [-0.39, 0.29) is 12.3 Å². The smallest absolute Gasteiger partial charge is 0.224 e. The van der Waals surface area contributed by atoms with E-state index in [1.54, 1.807) is 18.3 Å². The second-order valence-electron chi connectivity index (χ2n) is 5.82. The average molecular weight is 376 g/mol. The van der Waals surface area contributed by atoms with Crippen LogP contribution in [0.2, 0.25) is 5.02 Å². The van der Waals surface area contributed by atoms with Crippen molar-refractivity contribution in [1.29, 1.82) is 0 Å². The lowest BCUT2D eigenvalue weighted by Crippen LogP contribution is -2.27. The zero-order valence-electron chi connectivity index (χ0n) is 13.7. The first-order valence-electron chi connectivity index (χ1n) is 8.01. The second kappa shape index (κ2) is 8.10. The average Bonchev–Trinajstić information content (AvgIpc) is 3.03. The van der Waals surface area contributed by atoms with Crippen LogP contribution in [-0.2, 0) is 17.6 Å². The van der Waals surface area contributed by atoms with Crippen molar-refractivity contribution in [3.05, 3.63) is 76.6 Å². The summed E-state index contributed by atoms with van der Waals surface area (Å²) in [5.74, 6) is -0.967. The molecule has 0 radical (unpaired) electrons. The van der Waals surface area contributed by atoms with Gasteiger partial charge in [0, 0.05) is 41.5 Å². The standard InChI is InChI=1S/C19H16ClF2N3O/c20-14-3-1-13(2-4-14)19-24-11-17(25-19)5-6-23-18(26)9-12-7-15(21)10-16(22)8-12/h1-4,7-8,10-11H,5-6,9H2,(H,23,26)(H,24,25). The summed E-state index contributed by atoms with van der Waals surface area (Å²) < 4.78 is 26.3. The number of carbonyl (C=O) groups excluding carboxylic acids is 1. The quantitative estimate of drug-likeness (QED) is 0.686. The minimum atomic E-state index is -0.694. The highest BCUT2D eigenvalue weighted by molar-refractivity contribution is 6.30. The molecule has 0 aliphatic rings. The molecule has 0 unspecified atom stereocenters. The summed E-state index contributed by atoms with van der Waals surface area (Å²) in [6.45, 7) is 0.388. The van der Waals surface area contributed by atoms with Gasteiger partial charge in [0.25, 0.3) is 0 Å². The van der Waals surface area contributed by atoms with Crippen LogP contribution in [-0.4, -0.2) is 22.4 Å². The maximum absolute atomic E-state index is 13.1. The molecule has 2 N–H and O–H groups in total. The molecule has 7 heteroatoms. The van der Waals surface area contributed by atoms with Gasteiger partial charge in [-0.2, -0.15) is 0 Å². The minimum Gasteiger partial charge on any atom is -0.355 e. The van der Waals surface area contributed by atoms with Crippen LogP contribution in [0.1, 0.15) is 11.3 Å². The number of benzene rings is 2. The number of nitrogens with one attached hydrogen (secondary N) is 2. The summed E-state index contributed by atoms with van der Waals surface area (Å²) >= 11 is 5.87. The van der Waals surface area contributed by atoms with E-state index in [0.717, 1.165) is 35.3 Å². The van der Waals surface area contributed by atoms with E-state index >= 15 is 0 Å². The van der Waals surface area contributed by atoms with Gasteiger partial charge in [0.15, 0.2) is 0 Å². The third-order valence-electron chi connectivity index (χ3n) is 3.75. The number of imidazole rings is 1. The molecule has 0 saturated carbocycles. The van der Waals surface area contributed by atoms with Crippen molar-refractivity contribution in [1.82, 2.24) is 15.3 Å². The Bertz CT molecular complexity index is 889. The van der Waals surface area contributed by atoms with Crippen LogP contribution in [0.15, 0.2) is 48.7 Å². The summed E-state index contributed by atoms with van der Waals surface area (Å²) in [4.78, 5) is 19.4. The number of hydrogen-bond donors (Lipinski definition) is 2. The number of aromatic amines is 1. The van der Waals surface area contributed by atoms with Gasteiger partial charge < -0.3 is 10.3 Å². The van der Waals surface area contributed by atoms with Crippen LogP contribution in [0.25, 0.3) is 11.4 Å². The van der Waals surface area contributed by atoms with E-state index in [0.29, 0.717) is 23.6 Å². The van der Waals surface area contributed by atoms with Crippen molar-refractivity contribution in [3.8, 4) is 11.4 Å². The highest BCUT2D eigenvalue weighted by atomic mass is 35.5. The normalized spacial score (nSPS) is 10.7. The van der Waals surface area contributed by atoms with Gasteiger partial charge >= 0.3 is 0 Å². The van der Waals surface area contributed by atoms with Gasteiger partial charge in [-0.15, -0.1) is 0 Å². The van der Waals surface area contributed by atoms with Gasteiger partial charge in [0.2, 0.25) is 5.91 Å². The fraction of sp³-hybridized carbons (Fsp3) is 0.158. The molecule has 26 heavy (non-hydrogen) atoms. The molecule has 0 bridgehead atoms. The highest BCUT2D eigenvalue weighted by Crippen LogP contribution is 2.18. The van der Waals surface area contributed by atoms with Crippen molar-refractivity contribution in [2.24, 2.45) is 0 Å². The number of carbonyl (C=O) groups is 1. The van der Waals surface area contributed by atoms with Crippen LogP contribution in [0.3, 0.4) is 0 Å². The van der Waals surface area contributed by atoms with Crippen molar-refractivity contribution in [2.45, 2.75) is 12.8 Å². The summed E-state index contributed by atoms with van der Waals surface area (Å²) in [6.07, 6.45) is 2.19. The molecule has 1 amide bonds. The number of hydrogen-bond acceptors (Lipinski definition) is 2. The van der Waals surface area contributed by atoms with E-state index in [9.17, 15) is 13.6 Å². The summed E-state index contributed by atoms with van der Waals surface area (Å²) in [7, 11) is 0. The third-order valence-corrected chi connectivity index (χ3v) is 4.00. The molecule has 0 spiro atoms. The predicted octanol–water partition coefficient (Wildman–Crippen LogP) is 3.91. The summed E-state index contributed by atoms with van der Waals surface area (Å²) in [6, 6.07) is 10.4. The number of nitrogens with zero attached hydrogens (tertiary/aromatic N) is 1. The van der Waals surface area contributed by atoms with Crippen LogP contribution < -0.4 is 5.32 Å². The second-order valence-corrected chi connectivity index (χ2v) is 6.25. The molecule has 1 heterocycles. The molecule has 0 aliphatic carbocycles. The zero-order chi connectivity index (χ0) is 18.5. The van der Waals surface area contributed by atoms with Gasteiger partial charge in [-0.25, -0.2) is 13.8 Å². The lowest BCUT2D eigenvalue weighted by Gasteiger charge is -2.05. The highest BCUT2D eigenvalue weighted by Gasteiger charge is 2.08. The van der Waals surface area contributed by atoms with Crippen LogP contribution in [0.5, 0.6) is 0 Å². The molecule has 3 aromatic rings. The summed E-state index contributed by atoms with van der Waals surface area (Å²) in [5, 5.41) is 3.38. The van der Waals surface area contributed by atoms with Crippen LogP contribution >= 0.6 is 11.6 Å². The van der Waals surface area contributed by atoms with Gasteiger partial charge in [0.1, 0.15) is 17.5 Å². The maximum atomic E-state index is 13.1. The van der Waals surface area contributed by atoms with Crippen molar-refractivity contribution >= 4 is 17.5 Å². The molecule has 0 aliphatic heterocycles. The lowest BCUT2D eigenvalue weighted by molar-refractivity contribution is -0.120. The first-order valence-corrected chi connectivity index (χ1v) is 8.39. The monoisotopic (exact) mass is 375 g/mol. The Kier molecular flexibility index (Phi) is 5.63. The largest absolute Gasteiger partial charge is 0.355 e. The Hall–Kier alpha value is -2.73. The molecule has 134 valence electrons. The van der Waals surface area contributed by atoms with Crippen LogP contribution in [0.4, 0.5) is 8.78 Å². The van der Waals surface area contributed by atoms with Gasteiger partial charge in [-0.3, -0.25) is 4.79 Å². The Morgan fingerprint density at radius 2 is 1.81 bits per heavy atom. The van der Waals surface area contributed by atoms with E-state index in [1.807, 2.05) is 12.1 Å². The first-order chi connectivity index (χ1) is 12.5. The molecule has 0 saturated heterocycles. The zero-order valence-corrected chi connectivity index (χ0v) is 14.5. The lowest BCUT2D eigenvalue weighted by atomic mass is 10.1. The van der Waals surface area contributed by atoms with Crippen molar-refractivity contribution < 1.29 is 13.6 Å². The number of H-pyrrole nitrogens is 1. The topological polar surface area (TPSA) is 57.8 Å². The fourth-order valence-electron chi connectivity index (χ4n) is 2.54. The van der Waals surface area contributed by atoms with E-state index in [1.165, 1.54) is 0 Å². The summed E-state index contributed by atoms with van der Waals surface area (Å²) in [5.41, 5.74) is 2.08. The molecular formula is C19H16ClF2N3O. The number of halogens is 3. The molecular weight excluding hydrogens is 360 g/mol. The Morgan fingerprint density at radius 1 is 1.12 bits per heavy atom.